The number of carbonyl (C=O) groups is 1. The lowest BCUT2D eigenvalue weighted by atomic mass is 9.82. The molecule has 1 aliphatic heterocycles. The second-order valence-corrected chi connectivity index (χ2v) is 6.25. The number of carbonyl (C=O) groups excluding carboxylic acids is 1. The van der Waals surface area contributed by atoms with E-state index in [-0.39, 0.29) is 11.5 Å². The first kappa shape index (κ1) is 11.5. The molecule has 0 bridgehead atoms. The highest BCUT2D eigenvalue weighted by atomic mass is 32.2. The van der Waals surface area contributed by atoms with Gasteiger partial charge < -0.3 is 4.74 Å². The van der Waals surface area contributed by atoms with Crippen LogP contribution in [0.4, 0.5) is 0 Å². The van der Waals surface area contributed by atoms with Crippen molar-refractivity contribution in [2.75, 3.05) is 18.1 Å². The molecule has 2 nitrogen and oxygen atoms in total. The van der Waals surface area contributed by atoms with Gasteiger partial charge in [-0.15, -0.1) is 0 Å². The van der Waals surface area contributed by atoms with Gasteiger partial charge in [0.15, 0.2) is 5.78 Å². The molecular formula is C12H20O2S. The zero-order valence-corrected chi connectivity index (χ0v) is 10.3. The normalized spacial score (nSPS) is 30.3. The van der Waals surface area contributed by atoms with Crippen molar-refractivity contribution < 1.29 is 9.53 Å². The molecule has 86 valence electrons. The molecule has 1 saturated heterocycles. The van der Waals surface area contributed by atoms with Gasteiger partial charge in [0, 0.05) is 17.9 Å². The fraction of sp³-hybridized carbons (Fsp3) is 0.917. The molecule has 0 spiro atoms. The third-order valence-electron chi connectivity index (χ3n) is 3.59. The van der Waals surface area contributed by atoms with E-state index in [4.69, 9.17) is 4.74 Å². The molecule has 1 atom stereocenters. The number of hydrogen-bond donors (Lipinski definition) is 0. The standard InChI is InChI=1S/C12H20O2S/c1-12(4-2-3-5-12)8-10(13)11-9-15-7-6-14-11/h11H,2-9H2,1H3. The number of ether oxygens (including phenoxy) is 1. The Morgan fingerprint density at radius 1 is 1.47 bits per heavy atom. The maximum Gasteiger partial charge on any atom is 0.162 e. The minimum absolute atomic E-state index is 0.110. The van der Waals surface area contributed by atoms with Crippen molar-refractivity contribution >= 4 is 17.5 Å². The Morgan fingerprint density at radius 3 is 2.80 bits per heavy atom. The van der Waals surface area contributed by atoms with Crippen LogP contribution in [0.5, 0.6) is 0 Å². The molecule has 1 saturated carbocycles. The van der Waals surface area contributed by atoms with Crippen LogP contribution in [0.15, 0.2) is 0 Å². The number of Topliss-reactive ketones (excluding diaryl/α,β-unsaturated/α-hetero) is 1. The van der Waals surface area contributed by atoms with Gasteiger partial charge in [0.05, 0.1) is 6.61 Å². The highest BCUT2D eigenvalue weighted by Gasteiger charge is 2.34. The zero-order valence-electron chi connectivity index (χ0n) is 9.46. The Morgan fingerprint density at radius 2 is 2.20 bits per heavy atom. The number of ketones is 1. The van der Waals surface area contributed by atoms with Gasteiger partial charge in [-0.2, -0.15) is 11.8 Å². The second kappa shape index (κ2) is 4.88. The Hall–Kier alpha value is -0.0200. The molecule has 0 aromatic rings. The van der Waals surface area contributed by atoms with Gasteiger partial charge in [0.2, 0.25) is 0 Å². The van der Waals surface area contributed by atoms with E-state index in [0.717, 1.165) is 24.5 Å². The van der Waals surface area contributed by atoms with E-state index >= 15 is 0 Å². The average molecular weight is 228 g/mol. The van der Waals surface area contributed by atoms with E-state index < -0.39 is 0 Å². The van der Waals surface area contributed by atoms with Crippen LogP contribution in [-0.4, -0.2) is 30.0 Å². The summed E-state index contributed by atoms with van der Waals surface area (Å²) in [5.41, 5.74) is 0.280. The lowest BCUT2D eigenvalue weighted by Crippen LogP contribution is -2.34. The molecule has 1 aliphatic carbocycles. The van der Waals surface area contributed by atoms with Crippen molar-refractivity contribution in [2.45, 2.75) is 45.1 Å². The van der Waals surface area contributed by atoms with E-state index in [2.05, 4.69) is 6.92 Å². The summed E-state index contributed by atoms with van der Waals surface area (Å²) in [6.07, 6.45) is 5.66. The molecule has 3 heteroatoms. The van der Waals surface area contributed by atoms with Gasteiger partial charge in [-0.25, -0.2) is 0 Å². The zero-order chi connectivity index (χ0) is 10.7. The summed E-state index contributed by atoms with van der Waals surface area (Å²) in [5, 5.41) is 0. The Bertz CT molecular complexity index is 228. The largest absolute Gasteiger partial charge is 0.369 e. The van der Waals surface area contributed by atoms with Crippen molar-refractivity contribution in [3.05, 3.63) is 0 Å². The monoisotopic (exact) mass is 228 g/mol. The Balaban J connectivity index is 1.85. The van der Waals surface area contributed by atoms with E-state index in [9.17, 15) is 4.79 Å². The van der Waals surface area contributed by atoms with Crippen LogP contribution in [0.25, 0.3) is 0 Å². The maximum absolute atomic E-state index is 12.0. The fourth-order valence-corrected chi connectivity index (χ4v) is 3.49. The predicted molar refractivity (Wildman–Crippen MR) is 63.3 cm³/mol. The molecule has 0 aromatic heterocycles. The second-order valence-electron chi connectivity index (χ2n) is 5.10. The summed E-state index contributed by atoms with van der Waals surface area (Å²) < 4.78 is 5.52. The maximum atomic E-state index is 12.0. The summed E-state index contributed by atoms with van der Waals surface area (Å²) in [5.74, 6) is 2.25. The van der Waals surface area contributed by atoms with Gasteiger partial charge in [0.1, 0.15) is 6.10 Å². The predicted octanol–water partition coefficient (Wildman–Crippen LogP) is 2.66. The lowest BCUT2D eigenvalue weighted by molar-refractivity contribution is -0.131. The lowest BCUT2D eigenvalue weighted by Gasteiger charge is -2.27. The van der Waals surface area contributed by atoms with Crippen molar-refractivity contribution in [3.8, 4) is 0 Å². The Kier molecular flexibility index (Phi) is 3.73. The first-order valence-electron chi connectivity index (χ1n) is 5.92. The average Bonchev–Trinajstić information content (AvgIpc) is 2.66. The van der Waals surface area contributed by atoms with Gasteiger partial charge in [0.25, 0.3) is 0 Å². The molecule has 2 fully saturated rings. The number of thioether (sulfide) groups is 1. The minimum Gasteiger partial charge on any atom is -0.369 e. The van der Waals surface area contributed by atoms with Gasteiger partial charge in [-0.05, 0) is 18.3 Å². The molecule has 15 heavy (non-hydrogen) atoms. The quantitative estimate of drug-likeness (QED) is 0.743. The molecule has 1 unspecified atom stereocenters. The molecular weight excluding hydrogens is 208 g/mol. The summed E-state index contributed by atoms with van der Waals surface area (Å²) in [6.45, 7) is 3.01. The molecule has 0 aromatic carbocycles. The van der Waals surface area contributed by atoms with Crippen LogP contribution in [-0.2, 0) is 9.53 Å². The van der Waals surface area contributed by atoms with Crippen LogP contribution < -0.4 is 0 Å². The number of hydrogen-bond acceptors (Lipinski definition) is 3. The highest BCUT2D eigenvalue weighted by Crippen LogP contribution is 2.41. The smallest absolute Gasteiger partial charge is 0.162 e. The summed E-state index contributed by atoms with van der Waals surface area (Å²) in [4.78, 5) is 12.0. The van der Waals surface area contributed by atoms with Gasteiger partial charge >= 0.3 is 0 Å². The SMILES string of the molecule is CC1(CC(=O)C2CSCCO2)CCCC1. The topological polar surface area (TPSA) is 26.3 Å². The molecule has 1 heterocycles. The van der Waals surface area contributed by atoms with Crippen molar-refractivity contribution in [3.63, 3.8) is 0 Å². The van der Waals surface area contributed by atoms with Crippen LogP contribution >= 0.6 is 11.8 Å². The van der Waals surface area contributed by atoms with Gasteiger partial charge in [-0.1, -0.05) is 19.8 Å². The summed E-state index contributed by atoms with van der Waals surface area (Å²) in [7, 11) is 0. The van der Waals surface area contributed by atoms with Crippen molar-refractivity contribution in [2.24, 2.45) is 5.41 Å². The van der Waals surface area contributed by atoms with E-state index in [0.29, 0.717) is 5.78 Å². The molecule has 2 aliphatic rings. The van der Waals surface area contributed by atoms with Crippen LogP contribution in [0, 0.1) is 5.41 Å². The fourth-order valence-electron chi connectivity index (χ4n) is 2.61. The highest BCUT2D eigenvalue weighted by molar-refractivity contribution is 7.99. The molecule has 0 amide bonds. The first-order chi connectivity index (χ1) is 7.20. The first-order valence-corrected chi connectivity index (χ1v) is 7.07. The summed E-state index contributed by atoms with van der Waals surface area (Å²) >= 11 is 1.84. The third kappa shape index (κ3) is 2.97. The van der Waals surface area contributed by atoms with Crippen molar-refractivity contribution in [1.29, 1.82) is 0 Å². The van der Waals surface area contributed by atoms with Crippen LogP contribution in [0.1, 0.15) is 39.0 Å². The Labute approximate surface area is 96.1 Å². The van der Waals surface area contributed by atoms with E-state index in [1.807, 2.05) is 11.8 Å². The van der Waals surface area contributed by atoms with Crippen molar-refractivity contribution in [1.82, 2.24) is 0 Å². The minimum atomic E-state index is -0.110. The molecule has 2 rings (SSSR count). The van der Waals surface area contributed by atoms with Gasteiger partial charge in [-0.3, -0.25) is 4.79 Å². The summed E-state index contributed by atoms with van der Waals surface area (Å²) in [6, 6.07) is 0. The number of rotatable bonds is 3. The third-order valence-corrected chi connectivity index (χ3v) is 4.58. The van der Waals surface area contributed by atoms with E-state index in [1.165, 1.54) is 25.7 Å². The van der Waals surface area contributed by atoms with Crippen LogP contribution in [0.3, 0.4) is 0 Å². The van der Waals surface area contributed by atoms with Crippen LogP contribution in [0.2, 0.25) is 0 Å². The molecule has 0 N–H and O–H groups in total. The van der Waals surface area contributed by atoms with E-state index in [1.54, 1.807) is 0 Å². The molecule has 0 radical (unpaired) electrons.